The van der Waals surface area contributed by atoms with Gasteiger partial charge in [-0.1, -0.05) is 172 Å². The van der Waals surface area contributed by atoms with Gasteiger partial charge in [0, 0.05) is 22.1 Å². The third-order valence-corrected chi connectivity index (χ3v) is 10.3. The summed E-state index contributed by atoms with van der Waals surface area (Å²) in [5.41, 5.74) is 17.4. The fourth-order valence-corrected chi connectivity index (χ4v) is 7.55. The lowest BCUT2D eigenvalue weighted by molar-refractivity contribution is 0.660. The second-order valence-electron chi connectivity index (χ2n) is 13.9. The van der Waals surface area contributed by atoms with Gasteiger partial charge in [0.15, 0.2) is 5.82 Å². The highest BCUT2D eigenvalue weighted by Gasteiger charge is 2.35. The van der Waals surface area contributed by atoms with Gasteiger partial charge in [0.2, 0.25) is 0 Å². The van der Waals surface area contributed by atoms with Gasteiger partial charge in [0.05, 0.1) is 11.4 Å². The molecule has 8 aromatic rings. The van der Waals surface area contributed by atoms with Gasteiger partial charge < -0.3 is 0 Å². The summed E-state index contributed by atoms with van der Waals surface area (Å²) >= 11 is 0. The van der Waals surface area contributed by atoms with Crippen LogP contribution in [-0.2, 0) is 5.41 Å². The molecule has 7 aromatic carbocycles. The number of benzene rings is 7. The van der Waals surface area contributed by atoms with Crippen LogP contribution in [0.1, 0.15) is 25.0 Å². The fourth-order valence-electron chi connectivity index (χ4n) is 7.55. The van der Waals surface area contributed by atoms with E-state index in [4.69, 9.17) is 9.97 Å². The third kappa shape index (κ3) is 5.65. The van der Waals surface area contributed by atoms with Crippen LogP contribution < -0.4 is 0 Å². The van der Waals surface area contributed by atoms with Crippen molar-refractivity contribution in [2.75, 3.05) is 0 Å². The van der Waals surface area contributed by atoms with Gasteiger partial charge in [-0.3, -0.25) is 0 Å². The fraction of sp³-hybridized carbons (Fsp3) is 0.0612. The Labute approximate surface area is 299 Å². The van der Waals surface area contributed by atoms with E-state index in [1.165, 1.54) is 44.5 Å². The van der Waals surface area contributed by atoms with Crippen LogP contribution in [-0.4, -0.2) is 9.97 Å². The first-order chi connectivity index (χ1) is 25.0. The van der Waals surface area contributed by atoms with Crippen molar-refractivity contribution in [2.45, 2.75) is 19.3 Å². The van der Waals surface area contributed by atoms with Gasteiger partial charge in [-0.15, -0.1) is 0 Å². The van der Waals surface area contributed by atoms with Crippen molar-refractivity contribution in [3.8, 4) is 78.4 Å². The normalized spacial score (nSPS) is 12.7. The van der Waals surface area contributed by atoms with Gasteiger partial charge in [-0.2, -0.15) is 0 Å². The molecule has 0 aliphatic heterocycles. The van der Waals surface area contributed by atoms with Crippen molar-refractivity contribution in [2.24, 2.45) is 0 Å². The van der Waals surface area contributed by atoms with E-state index in [1.807, 2.05) is 12.1 Å². The monoisotopic (exact) mass is 652 g/mol. The molecule has 9 rings (SSSR count). The van der Waals surface area contributed by atoms with Crippen molar-refractivity contribution in [1.82, 2.24) is 9.97 Å². The minimum Gasteiger partial charge on any atom is -0.228 e. The average Bonchev–Trinajstić information content (AvgIpc) is 3.44. The molecule has 0 saturated heterocycles. The highest BCUT2D eigenvalue weighted by Crippen LogP contribution is 2.49. The maximum atomic E-state index is 5.15. The SMILES string of the molecule is CC1(C)c2ccccc2-c2ccc(-c3cccc(-c4cccc(-c5nc(-c6ccccc6)cc(-c6ccc(-c7ccccc7)cc6)n5)c4)c3)cc21. The maximum absolute atomic E-state index is 5.15. The van der Waals surface area contributed by atoms with Crippen molar-refractivity contribution in [1.29, 1.82) is 0 Å². The van der Waals surface area contributed by atoms with Crippen molar-refractivity contribution in [3.63, 3.8) is 0 Å². The first-order valence-corrected chi connectivity index (χ1v) is 17.6. The minimum atomic E-state index is -0.0368. The van der Waals surface area contributed by atoms with Crippen LogP contribution in [0.3, 0.4) is 0 Å². The lowest BCUT2D eigenvalue weighted by Gasteiger charge is -2.22. The van der Waals surface area contributed by atoms with Gasteiger partial charge in [0.25, 0.3) is 0 Å². The number of rotatable bonds is 6. The molecule has 51 heavy (non-hydrogen) atoms. The number of fused-ring (bicyclic) bond motifs is 3. The van der Waals surface area contributed by atoms with Gasteiger partial charge >= 0.3 is 0 Å². The summed E-state index contributed by atoms with van der Waals surface area (Å²) in [6, 6.07) is 64.8. The second kappa shape index (κ2) is 12.5. The summed E-state index contributed by atoms with van der Waals surface area (Å²) in [7, 11) is 0. The quantitative estimate of drug-likeness (QED) is 0.179. The van der Waals surface area contributed by atoms with Crippen LogP contribution in [0.4, 0.5) is 0 Å². The summed E-state index contributed by atoms with van der Waals surface area (Å²) < 4.78 is 0. The molecule has 1 aromatic heterocycles. The van der Waals surface area contributed by atoms with Crippen molar-refractivity contribution >= 4 is 0 Å². The summed E-state index contributed by atoms with van der Waals surface area (Å²) in [6.45, 7) is 4.67. The zero-order chi connectivity index (χ0) is 34.4. The smallest absolute Gasteiger partial charge is 0.160 e. The van der Waals surface area contributed by atoms with Gasteiger partial charge in [-0.25, -0.2) is 9.97 Å². The number of nitrogens with zero attached hydrogens (tertiary/aromatic N) is 2. The Morgan fingerprint density at radius 1 is 0.314 bits per heavy atom. The molecule has 0 radical (unpaired) electrons. The van der Waals surface area contributed by atoms with E-state index in [1.54, 1.807) is 0 Å². The van der Waals surface area contributed by atoms with Crippen LogP contribution in [0.15, 0.2) is 182 Å². The molecule has 1 heterocycles. The van der Waals surface area contributed by atoms with Gasteiger partial charge in [0.1, 0.15) is 0 Å². The molecule has 0 amide bonds. The average molecular weight is 653 g/mol. The molecule has 2 heteroatoms. The molecule has 1 aliphatic carbocycles. The maximum Gasteiger partial charge on any atom is 0.160 e. The largest absolute Gasteiger partial charge is 0.228 e. The Hall–Kier alpha value is -6.38. The van der Waals surface area contributed by atoms with E-state index >= 15 is 0 Å². The molecule has 0 saturated carbocycles. The molecule has 0 bridgehead atoms. The third-order valence-electron chi connectivity index (χ3n) is 10.3. The van der Waals surface area contributed by atoms with Crippen molar-refractivity contribution in [3.05, 3.63) is 193 Å². The molecule has 0 N–H and O–H groups in total. The van der Waals surface area contributed by atoms with Crippen LogP contribution in [0, 0.1) is 0 Å². The highest BCUT2D eigenvalue weighted by atomic mass is 14.9. The van der Waals surface area contributed by atoms with Crippen LogP contribution in [0.2, 0.25) is 0 Å². The number of aromatic nitrogens is 2. The summed E-state index contributed by atoms with van der Waals surface area (Å²) in [4.78, 5) is 10.3. The first-order valence-electron chi connectivity index (χ1n) is 17.6. The molecular formula is C49H36N2. The van der Waals surface area contributed by atoms with E-state index in [0.717, 1.165) is 39.2 Å². The van der Waals surface area contributed by atoms with E-state index in [0.29, 0.717) is 5.82 Å². The van der Waals surface area contributed by atoms with Crippen LogP contribution >= 0.6 is 0 Å². The second-order valence-corrected chi connectivity index (χ2v) is 13.9. The predicted octanol–water partition coefficient (Wildman–Crippen LogP) is 12.8. The first kappa shape index (κ1) is 30.7. The molecular weight excluding hydrogens is 617 g/mol. The van der Waals surface area contributed by atoms with Crippen LogP contribution in [0.5, 0.6) is 0 Å². The molecule has 1 aliphatic rings. The topological polar surface area (TPSA) is 25.8 Å². The minimum absolute atomic E-state index is 0.0368. The van der Waals surface area contributed by atoms with Gasteiger partial charge in [-0.05, 0) is 79.9 Å². The van der Waals surface area contributed by atoms with E-state index < -0.39 is 0 Å². The molecule has 0 spiro atoms. The lowest BCUT2D eigenvalue weighted by Crippen LogP contribution is -2.14. The summed E-state index contributed by atoms with van der Waals surface area (Å²) in [5.74, 6) is 0.705. The zero-order valence-electron chi connectivity index (χ0n) is 28.7. The van der Waals surface area contributed by atoms with E-state index in [2.05, 4.69) is 184 Å². The molecule has 0 unspecified atom stereocenters. The highest BCUT2D eigenvalue weighted by molar-refractivity contribution is 5.85. The Bertz CT molecular complexity index is 2530. The predicted molar refractivity (Wildman–Crippen MR) is 212 cm³/mol. The van der Waals surface area contributed by atoms with Crippen molar-refractivity contribution < 1.29 is 0 Å². The molecule has 0 fully saturated rings. The Kier molecular flexibility index (Phi) is 7.51. The van der Waals surface area contributed by atoms with E-state index in [-0.39, 0.29) is 5.41 Å². The zero-order valence-corrected chi connectivity index (χ0v) is 28.7. The number of hydrogen-bond donors (Lipinski definition) is 0. The standard InChI is InChI=1S/C49H36N2/c1-49(2)44-22-10-9-21-42(44)43-28-27-40(31-45(43)49)38-18-11-17-37(29-38)39-19-12-20-41(30-39)48-50-46(35-15-7-4-8-16-35)32-47(51-48)36-25-23-34(24-26-36)33-13-5-3-6-14-33/h3-32H,1-2H3. The molecule has 242 valence electrons. The Morgan fingerprint density at radius 2 is 0.745 bits per heavy atom. The van der Waals surface area contributed by atoms with E-state index in [9.17, 15) is 0 Å². The van der Waals surface area contributed by atoms with Crippen LogP contribution in [0.25, 0.3) is 78.4 Å². The summed E-state index contributed by atoms with van der Waals surface area (Å²) in [6.07, 6.45) is 0. The Morgan fingerprint density at radius 3 is 1.41 bits per heavy atom. The Balaban J connectivity index is 1.08. The number of hydrogen-bond acceptors (Lipinski definition) is 2. The lowest BCUT2D eigenvalue weighted by atomic mass is 9.81. The summed E-state index contributed by atoms with van der Waals surface area (Å²) in [5, 5.41) is 0. The molecule has 0 atom stereocenters. The molecule has 2 nitrogen and oxygen atoms in total.